The molecule has 0 atom stereocenters. The first kappa shape index (κ1) is 16.5. The highest BCUT2D eigenvalue weighted by Crippen LogP contribution is 2.42. The minimum atomic E-state index is -0.0615. The lowest BCUT2D eigenvalue weighted by atomic mass is 9.65. The third-order valence-electron chi connectivity index (χ3n) is 3.04. The van der Waals surface area contributed by atoms with E-state index in [1.807, 2.05) is 0 Å². The zero-order valence-corrected chi connectivity index (χ0v) is 12.9. The molecule has 17 heavy (non-hydrogen) atoms. The second-order valence-electron chi connectivity index (χ2n) is 7.57. The number of carbonyl (C=O) groups is 1. The molecule has 0 bridgehead atoms. The SMILES string of the molecule is CC(C)COC(=O)CC(C(C)(C)C)C(C)(C)C. The molecule has 0 unspecified atom stereocenters. The van der Waals surface area contributed by atoms with Crippen LogP contribution in [-0.4, -0.2) is 12.6 Å². The van der Waals surface area contributed by atoms with Crippen molar-refractivity contribution in [2.24, 2.45) is 22.7 Å². The zero-order chi connectivity index (χ0) is 13.9. The molecule has 0 aromatic carbocycles. The Kier molecular flexibility index (Phi) is 5.70. The molecule has 0 heterocycles. The maximum Gasteiger partial charge on any atom is 0.306 e. The fourth-order valence-electron chi connectivity index (χ4n) is 2.40. The number of rotatable bonds is 4. The Bertz CT molecular complexity index is 227. The smallest absolute Gasteiger partial charge is 0.306 e. The fourth-order valence-corrected chi connectivity index (χ4v) is 2.40. The molecule has 0 spiro atoms. The van der Waals surface area contributed by atoms with Crippen LogP contribution in [0.2, 0.25) is 0 Å². The van der Waals surface area contributed by atoms with Gasteiger partial charge in [0.25, 0.3) is 0 Å². The Morgan fingerprint density at radius 1 is 1.00 bits per heavy atom. The van der Waals surface area contributed by atoms with Crippen molar-refractivity contribution in [2.45, 2.75) is 61.8 Å². The van der Waals surface area contributed by atoms with Crippen molar-refractivity contribution in [2.75, 3.05) is 6.61 Å². The standard InChI is InChI=1S/C15H30O2/c1-11(2)10-17-13(16)9-12(14(3,4)5)15(6,7)8/h11-12H,9-10H2,1-8H3. The lowest BCUT2D eigenvalue weighted by Crippen LogP contribution is -2.35. The molecule has 0 rings (SSSR count). The second kappa shape index (κ2) is 5.88. The molecule has 0 saturated heterocycles. The molecule has 2 heteroatoms. The highest BCUT2D eigenvalue weighted by molar-refractivity contribution is 5.69. The highest BCUT2D eigenvalue weighted by Gasteiger charge is 2.36. The van der Waals surface area contributed by atoms with E-state index in [4.69, 9.17) is 4.74 Å². The highest BCUT2D eigenvalue weighted by atomic mass is 16.5. The molecule has 0 amide bonds. The Labute approximate surface area is 107 Å². The normalized spacial score (nSPS) is 13.3. The third-order valence-corrected chi connectivity index (χ3v) is 3.04. The molecule has 0 aliphatic carbocycles. The number of carbonyl (C=O) groups excluding carboxylic acids is 1. The minimum Gasteiger partial charge on any atom is -0.465 e. The Morgan fingerprint density at radius 2 is 1.41 bits per heavy atom. The van der Waals surface area contributed by atoms with Gasteiger partial charge in [0.2, 0.25) is 0 Å². The Balaban J connectivity index is 4.52. The molecule has 2 nitrogen and oxygen atoms in total. The molecule has 0 aliphatic rings. The summed E-state index contributed by atoms with van der Waals surface area (Å²) < 4.78 is 5.29. The number of hydrogen-bond donors (Lipinski definition) is 0. The van der Waals surface area contributed by atoms with E-state index in [9.17, 15) is 4.79 Å². The Morgan fingerprint density at radius 3 is 1.71 bits per heavy atom. The first-order chi connectivity index (χ1) is 7.44. The van der Waals surface area contributed by atoms with E-state index < -0.39 is 0 Å². The molecule has 0 aliphatic heterocycles. The van der Waals surface area contributed by atoms with Crippen LogP contribution in [0.25, 0.3) is 0 Å². The minimum absolute atomic E-state index is 0.0615. The van der Waals surface area contributed by atoms with Crippen LogP contribution in [0.1, 0.15) is 61.8 Å². The van der Waals surface area contributed by atoms with Gasteiger partial charge in [-0.1, -0.05) is 55.4 Å². The van der Waals surface area contributed by atoms with E-state index in [1.54, 1.807) is 0 Å². The summed E-state index contributed by atoms with van der Waals surface area (Å²) in [6.07, 6.45) is 0.514. The summed E-state index contributed by atoms with van der Waals surface area (Å²) in [5, 5.41) is 0. The van der Waals surface area contributed by atoms with Gasteiger partial charge < -0.3 is 4.74 Å². The largest absolute Gasteiger partial charge is 0.465 e. The Hall–Kier alpha value is -0.530. The van der Waals surface area contributed by atoms with Crippen LogP contribution in [0.4, 0.5) is 0 Å². The van der Waals surface area contributed by atoms with Crippen molar-refractivity contribution in [1.29, 1.82) is 0 Å². The first-order valence-corrected chi connectivity index (χ1v) is 6.60. The summed E-state index contributed by atoms with van der Waals surface area (Å²) in [5.74, 6) is 0.671. The molecule has 0 radical (unpaired) electrons. The van der Waals surface area contributed by atoms with Crippen LogP contribution < -0.4 is 0 Å². The summed E-state index contributed by atoms with van der Waals surface area (Å²) >= 11 is 0. The molecule has 0 saturated carbocycles. The van der Waals surface area contributed by atoms with Gasteiger partial charge in [0.05, 0.1) is 6.61 Å². The maximum absolute atomic E-state index is 11.8. The lowest BCUT2D eigenvalue weighted by Gasteiger charge is -2.40. The van der Waals surface area contributed by atoms with E-state index in [2.05, 4.69) is 55.4 Å². The summed E-state index contributed by atoms with van der Waals surface area (Å²) in [4.78, 5) is 11.8. The number of ether oxygens (including phenoxy) is 1. The molecule has 0 fully saturated rings. The van der Waals surface area contributed by atoms with Crippen LogP contribution in [0, 0.1) is 22.7 Å². The quantitative estimate of drug-likeness (QED) is 0.688. The predicted octanol–water partition coefficient (Wildman–Crippen LogP) is 4.28. The van der Waals surface area contributed by atoms with Crippen molar-refractivity contribution in [3.05, 3.63) is 0 Å². The van der Waals surface area contributed by atoms with Crippen LogP contribution in [0.5, 0.6) is 0 Å². The third kappa shape index (κ3) is 6.70. The van der Waals surface area contributed by atoms with E-state index in [0.29, 0.717) is 24.9 Å². The topological polar surface area (TPSA) is 26.3 Å². The molecule has 0 aromatic heterocycles. The molecular formula is C15H30O2. The predicted molar refractivity (Wildman–Crippen MR) is 72.8 cm³/mol. The van der Waals surface area contributed by atoms with Crippen LogP contribution in [0.3, 0.4) is 0 Å². The van der Waals surface area contributed by atoms with Crippen LogP contribution in [-0.2, 0) is 9.53 Å². The van der Waals surface area contributed by atoms with E-state index in [1.165, 1.54) is 0 Å². The summed E-state index contributed by atoms with van der Waals surface area (Å²) in [5.41, 5.74) is 0.240. The fraction of sp³-hybridized carbons (Fsp3) is 0.933. The molecule has 0 N–H and O–H groups in total. The molecule has 102 valence electrons. The zero-order valence-electron chi connectivity index (χ0n) is 12.9. The van der Waals surface area contributed by atoms with Crippen molar-refractivity contribution >= 4 is 5.97 Å². The van der Waals surface area contributed by atoms with E-state index >= 15 is 0 Å². The maximum atomic E-state index is 11.8. The van der Waals surface area contributed by atoms with Gasteiger partial charge in [-0.2, -0.15) is 0 Å². The summed E-state index contributed by atoms with van der Waals surface area (Å²) in [6.45, 7) is 17.8. The van der Waals surface area contributed by atoms with Gasteiger partial charge in [-0.3, -0.25) is 4.79 Å². The van der Waals surface area contributed by atoms with Crippen LogP contribution in [0.15, 0.2) is 0 Å². The first-order valence-electron chi connectivity index (χ1n) is 6.60. The van der Waals surface area contributed by atoms with Gasteiger partial charge >= 0.3 is 5.97 Å². The van der Waals surface area contributed by atoms with Gasteiger partial charge in [-0.25, -0.2) is 0 Å². The molecular weight excluding hydrogens is 212 g/mol. The lowest BCUT2D eigenvalue weighted by molar-refractivity contribution is -0.148. The average Bonchev–Trinajstić information content (AvgIpc) is 2.07. The van der Waals surface area contributed by atoms with Crippen molar-refractivity contribution in [1.82, 2.24) is 0 Å². The van der Waals surface area contributed by atoms with Crippen molar-refractivity contribution in [3.8, 4) is 0 Å². The van der Waals surface area contributed by atoms with Gasteiger partial charge in [-0.15, -0.1) is 0 Å². The van der Waals surface area contributed by atoms with Gasteiger partial charge in [0, 0.05) is 6.42 Å². The average molecular weight is 242 g/mol. The van der Waals surface area contributed by atoms with Gasteiger partial charge in [0.15, 0.2) is 0 Å². The number of esters is 1. The van der Waals surface area contributed by atoms with Crippen LogP contribution >= 0.6 is 0 Å². The van der Waals surface area contributed by atoms with Gasteiger partial charge in [0.1, 0.15) is 0 Å². The van der Waals surface area contributed by atoms with Gasteiger partial charge in [-0.05, 0) is 22.7 Å². The van der Waals surface area contributed by atoms with Crippen molar-refractivity contribution < 1.29 is 9.53 Å². The number of hydrogen-bond acceptors (Lipinski definition) is 2. The summed E-state index contributed by atoms with van der Waals surface area (Å²) in [7, 11) is 0. The molecule has 0 aromatic rings. The summed E-state index contributed by atoms with van der Waals surface area (Å²) in [6, 6.07) is 0. The monoisotopic (exact) mass is 242 g/mol. The van der Waals surface area contributed by atoms with E-state index in [0.717, 1.165) is 0 Å². The van der Waals surface area contributed by atoms with E-state index in [-0.39, 0.29) is 16.8 Å². The second-order valence-corrected chi connectivity index (χ2v) is 7.57. The van der Waals surface area contributed by atoms with Crippen molar-refractivity contribution in [3.63, 3.8) is 0 Å².